The van der Waals surface area contributed by atoms with Gasteiger partial charge in [-0.1, -0.05) is 0 Å². The summed E-state index contributed by atoms with van der Waals surface area (Å²) in [5.74, 6) is -0.0727. The van der Waals surface area contributed by atoms with Crippen molar-refractivity contribution in [3.63, 3.8) is 0 Å². The van der Waals surface area contributed by atoms with Crippen LogP contribution in [0.4, 0.5) is 0 Å². The van der Waals surface area contributed by atoms with E-state index in [0.717, 1.165) is 0 Å². The van der Waals surface area contributed by atoms with Gasteiger partial charge in [-0.05, 0) is 20.8 Å². The van der Waals surface area contributed by atoms with Crippen molar-refractivity contribution in [2.24, 2.45) is 0 Å². The van der Waals surface area contributed by atoms with Gasteiger partial charge in [-0.3, -0.25) is 4.79 Å². The lowest BCUT2D eigenvalue weighted by atomic mass is 10.1. The molecule has 0 aromatic carbocycles. The van der Waals surface area contributed by atoms with E-state index in [1.807, 2.05) is 13.8 Å². The number of nitrogens with one attached hydrogen (secondary N) is 1. The van der Waals surface area contributed by atoms with Crippen LogP contribution in [-0.4, -0.2) is 30.9 Å². The number of carbonyl (C=O) groups excluding carboxylic acids is 2. The number of Topliss-reactive ketones (excluding diaryl/α,β-unsaturated/α-hetero) is 1. The minimum Gasteiger partial charge on any atom is -0.377 e. The topological polar surface area (TPSA) is 55.4 Å². The van der Waals surface area contributed by atoms with E-state index in [0.29, 0.717) is 13.0 Å². The van der Waals surface area contributed by atoms with Gasteiger partial charge in [0.2, 0.25) is 5.91 Å². The van der Waals surface area contributed by atoms with Crippen LogP contribution in [0.15, 0.2) is 0 Å². The fourth-order valence-electron chi connectivity index (χ4n) is 0.762. The van der Waals surface area contributed by atoms with E-state index >= 15 is 0 Å². The van der Waals surface area contributed by atoms with Crippen molar-refractivity contribution in [1.82, 2.24) is 5.32 Å². The zero-order valence-corrected chi connectivity index (χ0v) is 9.35. The first-order chi connectivity index (χ1) is 6.37. The summed E-state index contributed by atoms with van der Waals surface area (Å²) in [6.07, 6.45) is 0.564. The Morgan fingerprint density at radius 3 is 2.29 bits per heavy atom. The molecule has 0 atom stereocenters. The van der Waals surface area contributed by atoms with Crippen molar-refractivity contribution in [1.29, 1.82) is 0 Å². The second kappa shape index (κ2) is 5.75. The molecule has 14 heavy (non-hydrogen) atoms. The van der Waals surface area contributed by atoms with Crippen LogP contribution >= 0.6 is 0 Å². The number of carbonyl (C=O) groups is 2. The number of amides is 1. The summed E-state index contributed by atoms with van der Waals surface area (Å²) in [4.78, 5) is 21.8. The maximum Gasteiger partial charge on any atom is 0.220 e. The summed E-state index contributed by atoms with van der Waals surface area (Å²) in [5, 5.41) is 2.71. The van der Waals surface area contributed by atoms with Crippen LogP contribution in [0.2, 0.25) is 0 Å². The third kappa shape index (κ3) is 6.60. The maximum atomic E-state index is 11.2. The molecule has 0 rings (SSSR count). The highest BCUT2D eigenvalue weighted by molar-refractivity contribution is 5.83. The van der Waals surface area contributed by atoms with Crippen molar-refractivity contribution in [2.75, 3.05) is 13.7 Å². The van der Waals surface area contributed by atoms with Crippen LogP contribution in [0.5, 0.6) is 0 Å². The minimum absolute atomic E-state index is 0.0335. The summed E-state index contributed by atoms with van der Waals surface area (Å²) in [6.45, 7) is 5.71. The normalized spacial score (nSPS) is 11.1. The number of rotatable bonds is 6. The summed E-state index contributed by atoms with van der Waals surface area (Å²) >= 11 is 0. The lowest BCUT2D eigenvalue weighted by molar-refractivity contribution is -0.125. The average Bonchev–Trinajstić information content (AvgIpc) is 2.11. The van der Waals surface area contributed by atoms with E-state index in [1.165, 1.54) is 6.92 Å². The molecule has 0 unspecified atom stereocenters. The number of methoxy groups -OCH3 is 1. The molecule has 0 aliphatic rings. The molecular formula is C10H19NO3. The molecule has 0 bridgehead atoms. The molecule has 0 aliphatic heterocycles. The first-order valence-corrected chi connectivity index (χ1v) is 4.68. The highest BCUT2D eigenvalue weighted by Gasteiger charge is 2.17. The van der Waals surface area contributed by atoms with E-state index in [4.69, 9.17) is 4.74 Å². The fraction of sp³-hybridized carbons (Fsp3) is 0.800. The van der Waals surface area contributed by atoms with Crippen LogP contribution in [0.3, 0.4) is 0 Å². The molecule has 0 fully saturated rings. The zero-order chi connectivity index (χ0) is 11.2. The Morgan fingerprint density at radius 1 is 1.29 bits per heavy atom. The molecule has 0 radical (unpaired) electrons. The SMILES string of the molecule is COC(C)(C)CNC(=O)CCC(C)=O. The van der Waals surface area contributed by atoms with Gasteiger partial charge in [0.15, 0.2) is 0 Å². The second-order valence-electron chi connectivity index (χ2n) is 3.94. The first kappa shape index (κ1) is 13.1. The highest BCUT2D eigenvalue weighted by Crippen LogP contribution is 2.04. The van der Waals surface area contributed by atoms with Crippen LogP contribution in [0, 0.1) is 0 Å². The molecule has 82 valence electrons. The van der Waals surface area contributed by atoms with Crippen molar-refractivity contribution in [2.45, 2.75) is 39.2 Å². The first-order valence-electron chi connectivity index (χ1n) is 4.68. The number of ether oxygens (including phenoxy) is 1. The van der Waals surface area contributed by atoms with Gasteiger partial charge >= 0.3 is 0 Å². The van der Waals surface area contributed by atoms with Crippen LogP contribution in [0.25, 0.3) is 0 Å². The predicted molar refractivity (Wildman–Crippen MR) is 54.0 cm³/mol. The van der Waals surface area contributed by atoms with Crippen LogP contribution in [0.1, 0.15) is 33.6 Å². The van der Waals surface area contributed by atoms with Crippen molar-refractivity contribution >= 4 is 11.7 Å². The highest BCUT2D eigenvalue weighted by atomic mass is 16.5. The Morgan fingerprint density at radius 2 is 1.86 bits per heavy atom. The Hall–Kier alpha value is -0.900. The van der Waals surface area contributed by atoms with Crippen LogP contribution in [-0.2, 0) is 14.3 Å². The van der Waals surface area contributed by atoms with Gasteiger partial charge in [-0.25, -0.2) is 0 Å². The van der Waals surface area contributed by atoms with Gasteiger partial charge in [0.05, 0.1) is 5.60 Å². The largest absolute Gasteiger partial charge is 0.377 e. The molecule has 4 nitrogen and oxygen atoms in total. The van der Waals surface area contributed by atoms with Crippen molar-refractivity contribution in [3.05, 3.63) is 0 Å². The van der Waals surface area contributed by atoms with Crippen molar-refractivity contribution in [3.8, 4) is 0 Å². The minimum atomic E-state index is -0.355. The van der Waals surface area contributed by atoms with Gasteiger partial charge in [0, 0.05) is 26.5 Å². The van der Waals surface area contributed by atoms with E-state index in [9.17, 15) is 9.59 Å². The third-order valence-corrected chi connectivity index (χ3v) is 1.97. The summed E-state index contributed by atoms with van der Waals surface area (Å²) in [6, 6.07) is 0. The molecule has 0 heterocycles. The van der Waals surface area contributed by atoms with Crippen molar-refractivity contribution < 1.29 is 14.3 Å². The molecule has 0 saturated carbocycles. The number of ketones is 1. The molecule has 0 spiro atoms. The fourth-order valence-corrected chi connectivity index (χ4v) is 0.762. The van der Waals surface area contributed by atoms with E-state index < -0.39 is 0 Å². The zero-order valence-electron chi connectivity index (χ0n) is 9.35. The van der Waals surface area contributed by atoms with E-state index in [1.54, 1.807) is 7.11 Å². The smallest absolute Gasteiger partial charge is 0.220 e. The molecule has 4 heteroatoms. The summed E-state index contributed by atoms with van der Waals surface area (Å²) in [5.41, 5.74) is -0.355. The Bertz CT molecular complexity index is 211. The molecule has 1 amide bonds. The molecule has 0 saturated heterocycles. The van der Waals surface area contributed by atoms with Gasteiger partial charge in [-0.15, -0.1) is 0 Å². The third-order valence-electron chi connectivity index (χ3n) is 1.97. The lowest BCUT2D eigenvalue weighted by Crippen LogP contribution is -2.39. The Labute approximate surface area is 85.0 Å². The monoisotopic (exact) mass is 201 g/mol. The number of hydrogen-bond donors (Lipinski definition) is 1. The molecule has 0 aliphatic carbocycles. The lowest BCUT2D eigenvalue weighted by Gasteiger charge is -2.22. The Balaban J connectivity index is 3.69. The molecule has 1 N–H and O–H groups in total. The quantitative estimate of drug-likeness (QED) is 0.694. The number of hydrogen-bond acceptors (Lipinski definition) is 3. The summed E-state index contributed by atoms with van der Waals surface area (Å²) in [7, 11) is 1.60. The Kier molecular flexibility index (Phi) is 5.38. The van der Waals surface area contributed by atoms with E-state index in [-0.39, 0.29) is 23.7 Å². The van der Waals surface area contributed by atoms with Gasteiger partial charge in [-0.2, -0.15) is 0 Å². The molecule has 0 aromatic rings. The van der Waals surface area contributed by atoms with Gasteiger partial charge < -0.3 is 14.8 Å². The molecule has 0 aromatic heterocycles. The summed E-state index contributed by atoms with van der Waals surface area (Å²) < 4.78 is 5.13. The average molecular weight is 201 g/mol. The van der Waals surface area contributed by atoms with Crippen LogP contribution < -0.4 is 5.32 Å². The van der Waals surface area contributed by atoms with Gasteiger partial charge in [0.1, 0.15) is 5.78 Å². The van der Waals surface area contributed by atoms with Gasteiger partial charge in [0.25, 0.3) is 0 Å². The predicted octanol–water partition coefficient (Wildman–Crippen LogP) is 0.897. The molecular weight excluding hydrogens is 182 g/mol. The standard InChI is InChI=1S/C10H19NO3/c1-8(12)5-6-9(13)11-7-10(2,3)14-4/h5-7H2,1-4H3,(H,11,13). The van der Waals surface area contributed by atoms with E-state index in [2.05, 4.69) is 5.32 Å². The maximum absolute atomic E-state index is 11.2. The second-order valence-corrected chi connectivity index (χ2v) is 3.94.